The number of nitrogens with zero attached hydrogens (tertiary/aromatic N) is 1. The zero-order chi connectivity index (χ0) is 19.8. The van der Waals surface area contributed by atoms with E-state index >= 15 is 0 Å². The molecule has 1 amide bonds. The van der Waals surface area contributed by atoms with Gasteiger partial charge in [-0.15, -0.1) is 11.3 Å². The number of carbonyl (C=O) groups is 1. The van der Waals surface area contributed by atoms with Crippen LogP contribution >= 0.6 is 11.3 Å². The van der Waals surface area contributed by atoms with E-state index in [2.05, 4.69) is 11.4 Å². The number of hydrogen-bond donors (Lipinski definition) is 1. The fourth-order valence-corrected chi connectivity index (χ4v) is 6.43. The summed E-state index contributed by atoms with van der Waals surface area (Å²) in [6.45, 7) is 1.27. The fourth-order valence-electron chi connectivity index (χ4n) is 3.82. The summed E-state index contributed by atoms with van der Waals surface area (Å²) in [5, 5.41) is 2.09. The number of sulfonamides is 1. The summed E-state index contributed by atoms with van der Waals surface area (Å²) in [4.78, 5) is 12.2. The Bertz CT molecular complexity index is 960. The van der Waals surface area contributed by atoms with Crippen LogP contribution in [0.15, 0.2) is 40.6 Å². The second-order valence-corrected chi connectivity index (χ2v) is 9.85. The molecule has 0 atom stereocenters. The zero-order valence-electron chi connectivity index (χ0n) is 15.3. The maximum Gasteiger partial charge on any atom is 0.255 e. The van der Waals surface area contributed by atoms with Gasteiger partial charge in [-0.1, -0.05) is 0 Å². The first-order valence-corrected chi connectivity index (χ1v) is 11.4. The van der Waals surface area contributed by atoms with Crippen LogP contribution in [0.2, 0.25) is 0 Å². The fraction of sp³-hybridized carbons (Fsp3) is 0.421. The number of carbonyl (C=O) groups excluding carboxylic acids is 1. The maximum absolute atomic E-state index is 13.0. The molecule has 2 aliphatic heterocycles. The summed E-state index contributed by atoms with van der Waals surface area (Å²) in [6, 6.07) is 8.19. The van der Waals surface area contributed by atoms with Gasteiger partial charge in [-0.05, 0) is 60.5 Å². The molecule has 1 saturated heterocycles. The van der Waals surface area contributed by atoms with E-state index < -0.39 is 15.9 Å². The van der Waals surface area contributed by atoms with Crippen molar-refractivity contribution in [2.24, 2.45) is 5.73 Å². The number of piperidine rings is 1. The molecule has 4 rings (SSSR count). The molecule has 1 fully saturated rings. The highest BCUT2D eigenvalue weighted by molar-refractivity contribution is 7.89. The standard InChI is InChI=1S/C19H22N2O5S2/c20-17(22)13-25-15-1-3-16(4-2-15)28(23,24)21-9-7-19(8-10-21)18-14(5-11-26-19)6-12-27-18/h1-4,6,12H,5,7-11,13H2,(H2,20,22). The summed E-state index contributed by atoms with van der Waals surface area (Å²) < 4.78 is 38.9. The lowest BCUT2D eigenvalue weighted by atomic mass is 9.86. The highest BCUT2D eigenvalue weighted by Gasteiger charge is 2.44. The topological polar surface area (TPSA) is 98.9 Å². The Morgan fingerprint density at radius 3 is 2.61 bits per heavy atom. The molecule has 2 N–H and O–H groups in total. The van der Waals surface area contributed by atoms with Crippen LogP contribution in [-0.4, -0.2) is 44.9 Å². The molecule has 1 spiro atoms. The molecule has 150 valence electrons. The van der Waals surface area contributed by atoms with Crippen molar-refractivity contribution in [3.8, 4) is 5.75 Å². The van der Waals surface area contributed by atoms with Crippen LogP contribution in [-0.2, 0) is 31.6 Å². The minimum atomic E-state index is -3.60. The van der Waals surface area contributed by atoms with Gasteiger partial charge in [0, 0.05) is 18.0 Å². The Balaban J connectivity index is 1.46. The normalized spacial score (nSPS) is 19.3. The van der Waals surface area contributed by atoms with E-state index in [-0.39, 0.29) is 17.1 Å². The third-order valence-corrected chi connectivity index (χ3v) is 8.34. The second-order valence-electron chi connectivity index (χ2n) is 7.00. The molecular formula is C19H22N2O5S2. The Kier molecular flexibility index (Phi) is 5.17. The first-order valence-electron chi connectivity index (χ1n) is 9.13. The van der Waals surface area contributed by atoms with Crippen LogP contribution < -0.4 is 10.5 Å². The van der Waals surface area contributed by atoms with Crippen LogP contribution in [0.5, 0.6) is 5.75 Å². The molecule has 0 unspecified atom stereocenters. The molecule has 0 saturated carbocycles. The summed E-state index contributed by atoms with van der Waals surface area (Å²) in [7, 11) is -3.60. The van der Waals surface area contributed by atoms with Crippen LogP contribution in [0.25, 0.3) is 0 Å². The van der Waals surface area contributed by atoms with Crippen molar-refractivity contribution in [2.45, 2.75) is 29.8 Å². The molecule has 2 aliphatic rings. The molecule has 3 heterocycles. The number of thiophene rings is 1. The van der Waals surface area contributed by atoms with Gasteiger partial charge in [0.2, 0.25) is 10.0 Å². The van der Waals surface area contributed by atoms with Gasteiger partial charge >= 0.3 is 0 Å². The smallest absolute Gasteiger partial charge is 0.255 e. The first kappa shape index (κ1) is 19.4. The van der Waals surface area contributed by atoms with Gasteiger partial charge < -0.3 is 15.2 Å². The lowest BCUT2D eigenvalue weighted by molar-refractivity contribution is -0.119. The van der Waals surface area contributed by atoms with Gasteiger partial charge in [0.15, 0.2) is 6.61 Å². The van der Waals surface area contributed by atoms with Gasteiger partial charge in [0.25, 0.3) is 5.91 Å². The average molecular weight is 423 g/mol. The van der Waals surface area contributed by atoms with Crippen molar-refractivity contribution in [2.75, 3.05) is 26.3 Å². The minimum absolute atomic E-state index is 0.205. The van der Waals surface area contributed by atoms with Crippen molar-refractivity contribution in [3.63, 3.8) is 0 Å². The Morgan fingerprint density at radius 2 is 1.93 bits per heavy atom. The highest BCUT2D eigenvalue weighted by Crippen LogP contribution is 2.44. The molecule has 28 heavy (non-hydrogen) atoms. The summed E-state index contributed by atoms with van der Waals surface area (Å²) >= 11 is 1.70. The summed E-state index contributed by atoms with van der Waals surface area (Å²) in [6.07, 6.45) is 2.23. The van der Waals surface area contributed by atoms with E-state index in [1.54, 1.807) is 11.3 Å². The number of primary amides is 1. The second kappa shape index (κ2) is 7.47. The van der Waals surface area contributed by atoms with Crippen molar-refractivity contribution in [1.29, 1.82) is 0 Å². The molecule has 7 nitrogen and oxygen atoms in total. The number of ether oxygens (including phenoxy) is 2. The van der Waals surface area contributed by atoms with Gasteiger partial charge in [0.1, 0.15) is 11.4 Å². The third-order valence-electron chi connectivity index (χ3n) is 5.28. The minimum Gasteiger partial charge on any atom is -0.484 e. The third kappa shape index (κ3) is 3.55. The molecule has 1 aromatic carbocycles. The predicted octanol–water partition coefficient (Wildman–Crippen LogP) is 1.86. The van der Waals surface area contributed by atoms with Gasteiger partial charge in [-0.25, -0.2) is 8.42 Å². The average Bonchev–Trinajstić information content (AvgIpc) is 3.18. The Hall–Kier alpha value is -1.94. The first-order chi connectivity index (χ1) is 13.4. The Labute approximate surface area is 168 Å². The van der Waals surface area contributed by atoms with Crippen LogP contribution in [0, 0.1) is 0 Å². The lowest BCUT2D eigenvalue weighted by Crippen LogP contribution is -2.47. The van der Waals surface area contributed by atoms with Gasteiger partial charge in [0.05, 0.1) is 11.5 Å². The molecule has 2 aromatic rings. The van der Waals surface area contributed by atoms with E-state index in [1.807, 2.05) is 0 Å². The number of fused-ring (bicyclic) bond motifs is 2. The highest BCUT2D eigenvalue weighted by atomic mass is 32.2. The number of amides is 1. The SMILES string of the molecule is NC(=O)COc1ccc(S(=O)(=O)N2CCC3(CC2)OCCc2ccsc23)cc1. The van der Waals surface area contributed by atoms with Crippen LogP contribution in [0.1, 0.15) is 23.3 Å². The summed E-state index contributed by atoms with van der Waals surface area (Å²) in [5.41, 5.74) is 6.03. The zero-order valence-corrected chi connectivity index (χ0v) is 16.9. The molecule has 0 bridgehead atoms. The van der Waals surface area contributed by atoms with Crippen molar-refractivity contribution >= 4 is 27.3 Å². The van der Waals surface area contributed by atoms with E-state index in [0.29, 0.717) is 38.3 Å². The van der Waals surface area contributed by atoms with Crippen molar-refractivity contribution in [3.05, 3.63) is 46.2 Å². The molecule has 0 aliphatic carbocycles. The van der Waals surface area contributed by atoms with E-state index in [1.165, 1.54) is 39.0 Å². The largest absolute Gasteiger partial charge is 0.484 e. The number of nitrogens with two attached hydrogens (primary N) is 1. The van der Waals surface area contributed by atoms with Gasteiger partial charge in [-0.3, -0.25) is 4.79 Å². The molecule has 9 heteroatoms. The lowest BCUT2D eigenvalue weighted by Gasteiger charge is -2.43. The van der Waals surface area contributed by atoms with Crippen molar-refractivity contribution in [1.82, 2.24) is 4.31 Å². The quantitative estimate of drug-likeness (QED) is 0.793. The number of rotatable bonds is 5. The van der Waals surface area contributed by atoms with Crippen LogP contribution in [0.3, 0.4) is 0 Å². The Morgan fingerprint density at radius 1 is 1.21 bits per heavy atom. The maximum atomic E-state index is 13.0. The monoisotopic (exact) mass is 422 g/mol. The molecule has 1 aromatic heterocycles. The number of hydrogen-bond acceptors (Lipinski definition) is 6. The van der Waals surface area contributed by atoms with Crippen molar-refractivity contribution < 1.29 is 22.7 Å². The van der Waals surface area contributed by atoms with Crippen LogP contribution in [0.4, 0.5) is 0 Å². The molecule has 0 radical (unpaired) electrons. The van der Waals surface area contributed by atoms with E-state index in [4.69, 9.17) is 15.2 Å². The molecular weight excluding hydrogens is 400 g/mol. The van der Waals surface area contributed by atoms with E-state index in [0.717, 1.165) is 6.42 Å². The number of benzene rings is 1. The van der Waals surface area contributed by atoms with Gasteiger partial charge in [-0.2, -0.15) is 4.31 Å². The van der Waals surface area contributed by atoms with E-state index in [9.17, 15) is 13.2 Å². The predicted molar refractivity (Wildman–Crippen MR) is 105 cm³/mol. The summed E-state index contributed by atoms with van der Waals surface area (Å²) in [5.74, 6) is -0.186.